The highest BCUT2D eigenvalue weighted by Crippen LogP contribution is 2.26. The summed E-state index contributed by atoms with van der Waals surface area (Å²) in [7, 11) is -3.73. The van der Waals surface area contributed by atoms with E-state index in [2.05, 4.69) is 14.9 Å². The lowest BCUT2D eigenvalue weighted by Crippen LogP contribution is -2.24. The van der Waals surface area contributed by atoms with E-state index in [1.54, 1.807) is 13.8 Å². The molecule has 1 aromatic heterocycles. The second-order valence-corrected chi connectivity index (χ2v) is 6.34. The summed E-state index contributed by atoms with van der Waals surface area (Å²) in [5.74, 6) is 0.622. The Morgan fingerprint density at radius 2 is 2.10 bits per heavy atom. The summed E-state index contributed by atoms with van der Waals surface area (Å²) in [5.41, 5.74) is 6.34. The van der Waals surface area contributed by atoms with Crippen molar-refractivity contribution in [1.29, 1.82) is 0 Å². The number of hydrogen-bond acceptors (Lipinski definition) is 6. The summed E-state index contributed by atoms with van der Waals surface area (Å²) in [5, 5.41) is 3.92. The summed E-state index contributed by atoms with van der Waals surface area (Å²) in [6.07, 6.45) is 0. The summed E-state index contributed by atoms with van der Waals surface area (Å²) >= 11 is 5.84. The van der Waals surface area contributed by atoms with Gasteiger partial charge in [0.25, 0.3) is 0 Å². The molecule has 0 fully saturated rings. The smallest absolute Gasteiger partial charge is 0.241 e. The Bertz CT molecular complexity index is 742. The van der Waals surface area contributed by atoms with Crippen molar-refractivity contribution in [3.8, 4) is 0 Å². The van der Waals surface area contributed by atoms with Crippen molar-refractivity contribution in [2.24, 2.45) is 0 Å². The highest BCUT2D eigenvalue weighted by Gasteiger charge is 2.19. The fourth-order valence-electron chi connectivity index (χ4n) is 1.61. The second kappa shape index (κ2) is 5.39. The highest BCUT2D eigenvalue weighted by atomic mass is 35.5. The van der Waals surface area contributed by atoms with Gasteiger partial charge in [0.05, 0.1) is 22.2 Å². The number of anilines is 1. The highest BCUT2D eigenvalue weighted by molar-refractivity contribution is 7.89. The number of nitrogen functional groups attached to an aromatic ring is 1. The summed E-state index contributed by atoms with van der Waals surface area (Å²) in [6.45, 7) is 3.19. The van der Waals surface area contributed by atoms with Gasteiger partial charge in [-0.05, 0) is 24.6 Å². The largest absolute Gasteiger partial charge is 0.397 e. The van der Waals surface area contributed by atoms with Crippen LogP contribution >= 0.6 is 11.6 Å². The van der Waals surface area contributed by atoms with E-state index in [1.807, 2.05) is 0 Å². The Labute approximate surface area is 121 Å². The minimum atomic E-state index is -3.73. The van der Waals surface area contributed by atoms with E-state index >= 15 is 0 Å². The van der Waals surface area contributed by atoms with Crippen molar-refractivity contribution in [2.45, 2.75) is 25.3 Å². The fourth-order valence-corrected chi connectivity index (χ4v) is 3.07. The molecule has 1 aromatic carbocycles. The summed E-state index contributed by atoms with van der Waals surface area (Å²) in [4.78, 5) is 3.98. The molecule has 9 heteroatoms. The van der Waals surface area contributed by atoms with Crippen LogP contribution in [0.3, 0.4) is 0 Å². The van der Waals surface area contributed by atoms with Crippen molar-refractivity contribution in [1.82, 2.24) is 14.9 Å². The molecule has 0 bridgehead atoms. The van der Waals surface area contributed by atoms with Crippen LogP contribution in [-0.4, -0.2) is 18.6 Å². The Kier molecular flexibility index (Phi) is 3.98. The number of benzene rings is 1. The van der Waals surface area contributed by atoms with Crippen molar-refractivity contribution >= 4 is 27.3 Å². The first-order valence-corrected chi connectivity index (χ1v) is 7.50. The Morgan fingerprint density at radius 3 is 2.70 bits per heavy atom. The van der Waals surface area contributed by atoms with Gasteiger partial charge in [0.1, 0.15) is 0 Å². The Morgan fingerprint density at radius 1 is 1.40 bits per heavy atom. The lowest BCUT2D eigenvalue weighted by atomic mass is 10.2. The molecule has 0 amide bonds. The normalized spacial score (nSPS) is 11.8. The molecule has 0 aliphatic carbocycles. The number of sulfonamides is 1. The SMILES string of the molecule is Cc1nc(CNS(=O)(=O)c2cc(N)c(Cl)cc2C)no1. The lowest BCUT2D eigenvalue weighted by molar-refractivity contribution is 0.387. The van der Waals surface area contributed by atoms with Crippen LogP contribution < -0.4 is 10.5 Å². The van der Waals surface area contributed by atoms with E-state index in [1.165, 1.54) is 12.1 Å². The Hall–Kier alpha value is -1.64. The van der Waals surface area contributed by atoms with Gasteiger partial charge in [0.15, 0.2) is 5.82 Å². The number of aryl methyl sites for hydroxylation is 2. The lowest BCUT2D eigenvalue weighted by Gasteiger charge is -2.10. The molecule has 20 heavy (non-hydrogen) atoms. The third kappa shape index (κ3) is 3.09. The zero-order chi connectivity index (χ0) is 14.9. The maximum atomic E-state index is 12.2. The molecule has 0 saturated heterocycles. The van der Waals surface area contributed by atoms with E-state index in [-0.39, 0.29) is 23.0 Å². The molecule has 0 aliphatic heterocycles. The van der Waals surface area contributed by atoms with E-state index in [4.69, 9.17) is 21.9 Å². The van der Waals surface area contributed by atoms with Crippen LogP contribution in [0.5, 0.6) is 0 Å². The molecular formula is C11H13ClN4O3S. The predicted octanol–water partition coefficient (Wildman–Crippen LogP) is 1.40. The van der Waals surface area contributed by atoms with Crippen molar-refractivity contribution in [3.63, 3.8) is 0 Å². The third-order valence-corrected chi connectivity index (χ3v) is 4.44. The average Bonchev–Trinajstić information content (AvgIpc) is 2.77. The van der Waals surface area contributed by atoms with E-state index in [0.29, 0.717) is 16.5 Å². The van der Waals surface area contributed by atoms with Crippen molar-refractivity contribution < 1.29 is 12.9 Å². The maximum Gasteiger partial charge on any atom is 0.241 e. The molecule has 0 radical (unpaired) electrons. The fraction of sp³-hybridized carbons (Fsp3) is 0.273. The number of rotatable bonds is 4. The number of nitrogens with two attached hydrogens (primary N) is 1. The topological polar surface area (TPSA) is 111 Å². The average molecular weight is 317 g/mol. The summed E-state index contributed by atoms with van der Waals surface area (Å²) in [6, 6.07) is 2.82. The molecule has 0 saturated carbocycles. The molecule has 2 aromatic rings. The molecule has 0 atom stereocenters. The number of nitrogens with one attached hydrogen (secondary N) is 1. The molecule has 108 valence electrons. The van der Waals surface area contributed by atoms with Crippen LogP contribution in [-0.2, 0) is 16.6 Å². The standard InChI is InChI=1S/C11H13ClN4O3S/c1-6-3-8(12)9(13)4-10(6)20(17,18)14-5-11-15-7(2)19-16-11/h3-4,14H,5,13H2,1-2H3. The third-order valence-electron chi connectivity index (χ3n) is 2.57. The van der Waals surface area contributed by atoms with Gasteiger partial charge in [0.2, 0.25) is 15.9 Å². The van der Waals surface area contributed by atoms with Crippen molar-refractivity contribution in [3.05, 3.63) is 34.4 Å². The minimum Gasteiger partial charge on any atom is -0.397 e. The van der Waals surface area contributed by atoms with Gasteiger partial charge in [-0.3, -0.25) is 0 Å². The van der Waals surface area contributed by atoms with Gasteiger partial charge in [-0.2, -0.15) is 4.98 Å². The van der Waals surface area contributed by atoms with E-state index < -0.39 is 10.0 Å². The number of nitrogens with zero attached hydrogens (tertiary/aromatic N) is 2. The van der Waals surface area contributed by atoms with Gasteiger partial charge in [-0.25, -0.2) is 13.1 Å². The first-order chi connectivity index (χ1) is 9.29. The zero-order valence-electron chi connectivity index (χ0n) is 10.8. The van der Waals surface area contributed by atoms with Crippen LogP contribution in [0.1, 0.15) is 17.3 Å². The minimum absolute atomic E-state index is 0.0678. The predicted molar refractivity (Wildman–Crippen MR) is 73.7 cm³/mol. The molecule has 1 heterocycles. The summed E-state index contributed by atoms with van der Waals surface area (Å²) < 4.78 is 31.5. The van der Waals surface area contributed by atoms with Gasteiger partial charge in [0, 0.05) is 6.92 Å². The van der Waals surface area contributed by atoms with Gasteiger partial charge >= 0.3 is 0 Å². The van der Waals surface area contributed by atoms with Crippen LogP contribution in [0.15, 0.2) is 21.6 Å². The number of hydrogen-bond donors (Lipinski definition) is 2. The van der Waals surface area contributed by atoms with Crippen LogP contribution in [0.25, 0.3) is 0 Å². The van der Waals surface area contributed by atoms with Gasteiger partial charge < -0.3 is 10.3 Å². The van der Waals surface area contributed by atoms with Crippen LogP contribution in [0.4, 0.5) is 5.69 Å². The second-order valence-electron chi connectivity index (χ2n) is 4.19. The zero-order valence-corrected chi connectivity index (χ0v) is 12.4. The van der Waals surface area contributed by atoms with Gasteiger partial charge in [-0.1, -0.05) is 16.8 Å². The number of halogens is 1. The monoisotopic (exact) mass is 316 g/mol. The van der Waals surface area contributed by atoms with Crippen molar-refractivity contribution in [2.75, 3.05) is 5.73 Å². The molecule has 7 nitrogen and oxygen atoms in total. The first-order valence-electron chi connectivity index (χ1n) is 5.64. The van der Waals surface area contributed by atoms with Crippen LogP contribution in [0.2, 0.25) is 5.02 Å². The molecular weight excluding hydrogens is 304 g/mol. The van der Waals surface area contributed by atoms with E-state index in [0.717, 1.165) is 0 Å². The van der Waals surface area contributed by atoms with Crippen LogP contribution in [0, 0.1) is 13.8 Å². The van der Waals surface area contributed by atoms with E-state index in [9.17, 15) is 8.42 Å². The number of aromatic nitrogens is 2. The van der Waals surface area contributed by atoms with Gasteiger partial charge in [-0.15, -0.1) is 0 Å². The molecule has 0 spiro atoms. The Balaban J connectivity index is 2.24. The molecule has 3 N–H and O–H groups in total. The molecule has 2 rings (SSSR count). The first kappa shape index (κ1) is 14.8. The molecule has 0 unspecified atom stereocenters. The molecule has 0 aliphatic rings. The maximum absolute atomic E-state index is 12.2. The quantitative estimate of drug-likeness (QED) is 0.825.